The van der Waals surface area contributed by atoms with Crippen molar-refractivity contribution in [3.8, 4) is 0 Å². The van der Waals surface area contributed by atoms with E-state index in [2.05, 4.69) is 32.8 Å². The van der Waals surface area contributed by atoms with Gasteiger partial charge >= 0.3 is 6.03 Å². The Hall–Kier alpha value is -2.15. The summed E-state index contributed by atoms with van der Waals surface area (Å²) in [5.41, 5.74) is 2.04. The predicted molar refractivity (Wildman–Crippen MR) is 99.8 cm³/mol. The number of hydrogen-bond donors (Lipinski definition) is 2. The standard InChI is InChI=1S/C17H23N5OS/c23-17(18-7-1-9-22-10-2-8-19-22)20-15-3-5-16(6-4-15)21-11-13-24-14-12-21/h2-6,8,10H,1,7,9,11-14H2,(H2,18,20,23). The van der Waals surface area contributed by atoms with Gasteiger partial charge in [-0.3, -0.25) is 4.68 Å². The van der Waals surface area contributed by atoms with E-state index in [1.165, 1.54) is 17.2 Å². The Morgan fingerprint density at radius 3 is 2.71 bits per heavy atom. The molecule has 3 rings (SSSR count). The van der Waals surface area contributed by atoms with Crippen molar-refractivity contribution in [2.45, 2.75) is 13.0 Å². The topological polar surface area (TPSA) is 62.2 Å². The van der Waals surface area contributed by atoms with Crippen molar-refractivity contribution in [2.24, 2.45) is 0 Å². The van der Waals surface area contributed by atoms with E-state index in [1.54, 1.807) is 6.20 Å². The molecule has 2 amide bonds. The number of aromatic nitrogens is 2. The molecule has 0 aliphatic carbocycles. The second-order valence-electron chi connectivity index (χ2n) is 5.65. The number of anilines is 2. The van der Waals surface area contributed by atoms with E-state index < -0.39 is 0 Å². The second kappa shape index (κ2) is 8.63. The molecular weight excluding hydrogens is 322 g/mol. The van der Waals surface area contributed by atoms with Crippen LogP contribution in [0.4, 0.5) is 16.2 Å². The van der Waals surface area contributed by atoms with E-state index in [9.17, 15) is 4.79 Å². The molecule has 1 aliphatic heterocycles. The summed E-state index contributed by atoms with van der Waals surface area (Å²) in [4.78, 5) is 14.3. The fourth-order valence-electron chi connectivity index (χ4n) is 2.63. The van der Waals surface area contributed by atoms with Gasteiger partial charge in [-0.15, -0.1) is 0 Å². The van der Waals surface area contributed by atoms with Gasteiger partial charge in [0.1, 0.15) is 0 Å². The molecule has 2 aromatic rings. The molecule has 0 spiro atoms. The summed E-state index contributed by atoms with van der Waals surface area (Å²) in [6.45, 7) is 3.60. The summed E-state index contributed by atoms with van der Waals surface area (Å²) >= 11 is 2.00. The van der Waals surface area contributed by atoms with Crippen LogP contribution in [0.25, 0.3) is 0 Å². The summed E-state index contributed by atoms with van der Waals surface area (Å²) in [5, 5.41) is 9.87. The van der Waals surface area contributed by atoms with Gasteiger partial charge < -0.3 is 15.5 Å². The van der Waals surface area contributed by atoms with Crippen molar-refractivity contribution < 1.29 is 4.79 Å². The number of carbonyl (C=O) groups excluding carboxylic acids is 1. The third-order valence-electron chi connectivity index (χ3n) is 3.91. The van der Waals surface area contributed by atoms with E-state index in [-0.39, 0.29) is 6.03 Å². The molecule has 1 aliphatic rings. The van der Waals surface area contributed by atoms with Crippen LogP contribution in [0.2, 0.25) is 0 Å². The zero-order valence-corrected chi connectivity index (χ0v) is 14.5. The first-order valence-corrected chi connectivity index (χ1v) is 9.42. The minimum absolute atomic E-state index is 0.169. The molecule has 24 heavy (non-hydrogen) atoms. The maximum absolute atomic E-state index is 11.9. The van der Waals surface area contributed by atoms with Crippen LogP contribution in [0.1, 0.15) is 6.42 Å². The van der Waals surface area contributed by atoms with Gasteiger partial charge in [-0.25, -0.2) is 4.79 Å². The van der Waals surface area contributed by atoms with Crippen LogP contribution in [-0.4, -0.2) is 47.0 Å². The first-order chi connectivity index (χ1) is 11.8. The maximum Gasteiger partial charge on any atom is 0.319 e. The Bertz CT molecular complexity index is 623. The monoisotopic (exact) mass is 345 g/mol. The van der Waals surface area contributed by atoms with Crippen LogP contribution in [0.15, 0.2) is 42.7 Å². The lowest BCUT2D eigenvalue weighted by Gasteiger charge is -2.28. The first kappa shape index (κ1) is 16.7. The molecule has 128 valence electrons. The molecule has 0 radical (unpaired) electrons. The second-order valence-corrected chi connectivity index (χ2v) is 6.87. The Morgan fingerprint density at radius 2 is 2.00 bits per heavy atom. The molecule has 7 heteroatoms. The van der Waals surface area contributed by atoms with Gasteiger partial charge in [0.2, 0.25) is 0 Å². The van der Waals surface area contributed by atoms with Crippen molar-refractivity contribution in [3.05, 3.63) is 42.7 Å². The minimum atomic E-state index is -0.169. The maximum atomic E-state index is 11.9. The molecule has 1 fully saturated rings. The fraction of sp³-hybridized carbons (Fsp3) is 0.412. The lowest BCUT2D eigenvalue weighted by molar-refractivity contribution is 0.251. The van der Waals surface area contributed by atoms with Crippen molar-refractivity contribution in [3.63, 3.8) is 0 Å². The smallest absolute Gasteiger partial charge is 0.319 e. The summed E-state index contributed by atoms with van der Waals surface area (Å²) in [7, 11) is 0. The van der Waals surface area contributed by atoms with Crippen LogP contribution in [0, 0.1) is 0 Å². The van der Waals surface area contributed by atoms with Crippen LogP contribution in [-0.2, 0) is 6.54 Å². The number of benzene rings is 1. The van der Waals surface area contributed by atoms with Crippen molar-refractivity contribution in [1.29, 1.82) is 0 Å². The van der Waals surface area contributed by atoms with Gasteiger partial charge in [-0.1, -0.05) is 0 Å². The average molecular weight is 345 g/mol. The van der Waals surface area contributed by atoms with Gasteiger partial charge in [0.25, 0.3) is 0 Å². The first-order valence-electron chi connectivity index (χ1n) is 8.26. The van der Waals surface area contributed by atoms with Crippen LogP contribution in [0.5, 0.6) is 0 Å². The van der Waals surface area contributed by atoms with Gasteiger partial charge in [0, 0.05) is 61.5 Å². The molecule has 1 saturated heterocycles. The lowest BCUT2D eigenvalue weighted by Crippen LogP contribution is -2.32. The molecule has 1 aromatic carbocycles. The SMILES string of the molecule is O=C(NCCCn1cccn1)Nc1ccc(N2CCSCC2)cc1. The molecule has 6 nitrogen and oxygen atoms in total. The van der Waals surface area contributed by atoms with E-state index in [0.29, 0.717) is 6.54 Å². The highest BCUT2D eigenvalue weighted by Gasteiger charge is 2.11. The van der Waals surface area contributed by atoms with Crippen molar-refractivity contribution in [2.75, 3.05) is 41.4 Å². The number of rotatable bonds is 6. The predicted octanol–water partition coefficient (Wildman–Crippen LogP) is 2.65. The minimum Gasteiger partial charge on any atom is -0.370 e. The van der Waals surface area contributed by atoms with E-state index in [4.69, 9.17) is 0 Å². The Balaban J connectivity index is 1.39. The Morgan fingerprint density at radius 1 is 1.21 bits per heavy atom. The number of thioether (sulfide) groups is 1. The molecule has 2 N–H and O–H groups in total. The number of nitrogens with zero attached hydrogens (tertiary/aromatic N) is 3. The number of carbonyl (C=O) groups is 1. The molecule has 0 bridgehead atoms. The molecule has 0 atom stereocenters. The number of aryl methyl sites for hydroxylation is 1. The normalized spacial score (nSPS) is 14.4. The molecule has 1 aromatic heterocycles. The van der Waals surface area contributed by atoms with Gasteiger partial charge in [-0.2, -0.15) is 16.9 Å². The van der Waals surface area contributed by atoms with E-state index in [1.807, 2.05) is 40.8 Å². The summed E-state index contributed by atoms with van der Waals surface area (Å²) in [5.74, 6) is 2.36. The molecular formula is C17H23N5OS. The van der Waals surface area contributed by atoms with E-state index >= 15 is 0 Å². The lowest BCUT2D eigenvalue weighted by atomic mass is 10.2. The number of hydrogen-bond acceptors (Lipinski definition) is 4. The quantitative estimate of drug-likeness (QED) is 0.790. The number of urea groups is 1. The highest BCUT2D eigenvalue weighted by atomic mass is 32.2. The third-order valence-corrected chi connectivity index (χ3v) is 4.85. The third kappa shape index (κ3) is 4.92. The summed E-state index contributed by atoms with van der Waals surface area (Å²) in [6.07, 6.45) is 4.52. The Labute approximate surface area is 146 Å². The van der Waals surface area contributed by atoms with Gasteiger partial charge in [-0.05, 0) is 36.8 Å². The number of amides is 2. The zero-order valence-electron chi connectivity index (χ0n) is 13.6. The highest BCUT2D eigenvalue weighted by Crippen LogP contribution is 2.21. The Kier molecular flexibility index (Phi) is 6.01. The highest BCUT2D eigenvalue weighted by molar-refractivity contribution is 7.99. The largest absolute Gasteiger partial charge is 0.370 e. The summed E-state index contributed by atoms with van der Waals surface area (Å²) < 4.78 is 1.86. The van der Waals surface area contributed by atoms with Crippen LogP contribution >= 0.6 is 11.8 Å². The fourth-order valence-corrected chi connectivity index (χ4v) is 3.53. The molecule has 0 saturated carbocycles. The molecule has 0 unspecified atom stereocenters. The van der Waals surface area contributed by atoms with Crippen molar-refractivity contribution >= 4 is 29.2 Å². The summed E-state index contributed by atoms with van der Waals surface area (Å²) in [6, 6.07) is 9.79. The van der Waals surface area contributed by atoms with Crippen LogP contribution in [0.3, 0.4) is 0 Å². The van der Waals surface area contributed by atoms with E-state index in [0.717, 1.165) is 31.7 Å². The average Bonchev–Trinajstić information content (AvgIpc) is 3.14. The molecule has 2 heterocycles. The van der Waals surface area contributed by atoms with Crippen LogP contribution < -0.4 is 15.5 Å². The van der Waals surface area contributed by atoms with Gasteiger partial charge in [0.15, 0.2) is 0 Å². The number of nitrogens with one attached hydrogen (secondary N) is 2. The van der Waals surface area contributed by atoms with Crippen molar-refractivity contribution in [1.82, 2.24) is 15.1 Å². The zero-order chi connectivity index (χ0) is 16.6. The van der Waals surface area contributed by atoms with Gasteiger partial charge in [0.05, 0.1) is 0 Å².